The molecule has 0 aromatic heterocycles. The fraction of sp³-hybridized carbons (Fsp3) is 0.286. The lowest BCUT2D eigenvalue weighted by Crippen LogP contribution is -2.32. The van der Waals surface area contributed by atoms with Crippen LogP contribution in [0.3, 0.4) is 0 Å². The number of nitriles is 2. The van der Waals surface area contributed by atoms with Gasteiger partial charge in [-0.3, -0.25) is 4.79 Å². The highest BCUT2D eigenvalue weighted by atomic mass is 16.5. The Morgan fingerprint density at radius 1 is 1.00 bits per heavy atom. The zero-order chi connectivity index (χ0) is 19.5. The number of hydrogen-bond donors (Lipinski definition) is 0. The molecule has 0 unspecified atom stereocenters. The van der Waals surface area contributed by atoms with Gasteiger partial charge in [-0.1, -0.05) is 30.3 Å². The van der Waals surface area contributed by atoms with E-state index < -0.39 is 0 Å². The highest BCUT2D eigenvalue weighted by molar-refractivity contribution is 5.95. The first-order valence-electron chi connectivity index (χ1n) is 8.57. The van der Waals surface area contributed by atoms with Crippen LogP contribution in [0.4, 0.5) is 0 Å². The van der Waals surface area contributed by atoms with Gasteiger partial charge in [0, 0.05) is 18.7 Å². The molecule has 0 saturated heterocycles. The molecule has 0 aliphatic heterocycles. The lowest BCUT2D eigenvalue weighted by atomic mass is 10.1. The Morgan fingerprint density at radius 3 is 2.26 bits per heavy atom. The minimum absolute atomic E-state index is 0.215. The summed E-state index contributed by atoms with van der Waals surface area (Å²) in [5, 5.41) is 17.5. The summed E-state index contributed by atoms with van der Waals surface area (Å²) in [6.45, 7) is 0.956. The van der Waals surface area contributed by atoms with Crippen LogP contribution >= 0.6 is 0 Å². The number of carbonyl (C=O) groups is 1. The number of benzene rings is 2. The van der Waals surface area contributed by atoms with Gasteiger partial charge in [0.2, 0.25) is 0 Å². The zero-order valence-electron chi connectivity index (χ0n) is 15.2. The summed E-state index contributed by atoms with van der Waals surface area (Å²) >= 11 is 0. The summed E-state index contributed by atoms with van der Waals surface area (Å²) in [5.41, 5.74) is 1.45. The third-order valence-electron chi connectivity index (χ3n) is 3.92. The van der Waals surface area contributed by atoms with Crippen LogP contribution in [0, 0.1) is 22.7 Å². The van der Waals surface area contributed by atoms with E-state index in [2.05, 4.69) is 0 Å². The maximum absolute atomic E-state index is 12.7. The molecule has 0 fully saturated rings. The van der Waals surface area contributed by atoms with Crippen LogP contribution < -0.4 is 9.47 Å². The van der Waals surface area contributed by atoms with Crippen molar-refractivity contribution in [3.8, 4) is 23.6 Å². The number of carbonyl (C=O) groups excluding carboxylic acids is 1. The Kier molecular flexibility index (Phi) is 7.68. The van der Waals surface area contributed by atoms with Crippen molar-refractivity contribution in [2.24, 2.45) is 0 Å². The Labute approximate surface area is 159 Å². The normalized spacial score (nSPS) is 9.74. The molecule has 0 atom stereocenters. The van der Waals surface area contributed by atoms with Crippen molar-refractivity contribution in [3.05, 3.63) is 59.7 Å². The van der Waals surface area contributed by atoms with Gasteiger partial charge in [0.15, 0.2) is 11.5 Å². The molecule has 2 rings (SSSR count). The van der Waals surface area contributed by atoms with E-state index in [4.69, 9.17) is 20.0 Å². The summed E-state index contributed by atoms with van der Waals surface area (Å²) in [5.74, 6) is 0.754. The van der Waals surface area contributed by atoms with Crippen LogP contribution in [-0.2, 0) is 6.61 Å². The third kappa shape index (κ3) is 5.76. The quantitative estimate of drug-likeness (QED) is 0.680. The van der Waals surface area contributed by atoms with Crippen LogP contribution in [0.2, 0.25) is 0 Å². The highest BCUT2D eigenvalue weighted by Gasteiger charge is 2.17. The second-order valence-corrected chi connectivity index (χ2v) is 5.75. The molecule has 0 heterocycles. The van der Waals surface area contributed by atoms with Crippen molar-refractivity contribution in [2.75, 3.05) is 20.2 Å². The lowest BCUT2D eigenvalue weighted by Gasteiger charge is -2.21. The summed E-state index contributed by atoms with van der Waals surface area (Å²) < 4.78 is 11.2. The second-order valence-electron chi connectivity index (χ2n) is 5.75. The van der Waals surface area contributed by atoms with Gasteiger partial charge in [0.05, 0.1) is 32.1 Å². The molecular weight excluding hydrogens is 342 g/mol. The van der Waals surface area contributed by atoms with Crippen LogP contribution in [0.15, 0.2) is 48.5 Å². The van der Waals surface area contributed by atoms with Gasteiger partial charge in [-0.2, -0.15) is 10.5 Å². The standard InChI is InChI=1S/C21H21N3O3/c1-26-20-15-18(21(25)24(13-5-11-22)14-6-12-23)9-10-19(20)27-16-17-7-3-2-4-8-17/h2-4,7-10,15H,5-6,13-14,16H2,1H3. The maximum atomic E-state index is 12.7. The summed E-state index contributed by atoms with van der Waals surface area (Å²) in [6.07, 6.45) is 0.430. The third-order valence-corrected chi connectivity index (χ3v) is 3.92. The van der Waals surface area contributed by atoms with E-state index in [0.29, 0.717) is 23.7 Å². The van der Waals surface area contributed by atoms with Gasteiger partial charge in [-0.05, 0) is 23.8 Å². The zero-order valence-corrected chi connectivity index (χ0v) is 15.2. The molecule has 0 bridgehead atoms. The van der Waals surface area contributed by atoms with Gasteiger partial charge in [0.25, 0.3) is 5.91 Å². The van der Waals surface area contributed by atoms with E-state index in [1.807, 2.05) is 42.5 Å². The SMILES string of the molecule is COc1cc(C(=O)N(CCC#N)CCC#N)ccc1OCc1ccccc1. The number of hydrogen-bond acceptors (Lipinski definition) is 5. The molecule has 0 saturated carbocycles. The fourth-order valence-corrected chi connectivity index (χ4v) is 2.52. The predicted molar refractivity (Wildman–Crippen MR) is 100 cm³/mol. The van der Waals surface area contributed by atoms with Crippen molar-refractivity contribution in [3.63, 3.8) is 0 Å². The topological polar surface area (TPSA) is 86.4 Å². The average Bonchev–Trinajstić information content (AvgIpc) is 2.72. The number of methoxy groups -OCH3 is 1. The smallest absolute Gasteiger partial charge is 0.254 e. The van der Waals surface area contributed by atoms with Crippen molar-refractivity contribution in [2.45, 2.75) is 19.4 Å². The molecule has 0 spiro atoms. The first-order valence-corrected chi connectivity index (χ1v) is 8.57. The predicted octanol–water partition coefficient (Wildman–Crippen LogP) is 3.54. The lowest BCUT2D eigenvalue weighted by molar-refractivity contribution is 0.0762. The Balaban J connectivity index is 2.14. The monoisotopic (exact) mass is 363 g/mol. The van der Waals surface area contributed by atoms with Crippen molar-refractivity contribution in [1.29, 1.82) is 10.5 Å². The molecule has 6 nitrogen and oxygen atoms in total. The van der Waals surface area contributed by atoms with E-state index in [1.54, 1.807) is 18.2 Å². The Morgan fingerprint density at radius 2 is 1.67 bits per heavy atom. The van der Waals surface area contributed by atoms with Crippen molar-refractivity contribution >= 4 is 5.91 Å². The van der Waals surface area contributed by atoms with Crippen molar-refractivity contribution < 1.29 is 14.3 Å². The minimum atomic E-state index is -0.242. The summed E-state index contributed by atoms with van der Waals surface area (Å²) in [7, 11) is 1.52. The van der Waals surface area contributed by atoms with Gasteiger partial charge in [-0.15, -0.1) is 0 Å². The highest BCUT2D eigenvalue weighted by Crippen LogP contribution is 2.29. The second kappa shape index (κ2) is 10.5. The Hall–Kier alpha value is -3.51. The minimum Gasteiger partial charge on any atom is -0.493 e. The van der Waals surface area contributed by atoms with E-state index in [0.717, 1.165) is 5.56 Å². The molecule has 1 amide bonds. The van der Waals surface area contributed by atoms with E-state index in [9.17, 15) is 4.79 Å². The van der Waals surface area contributed by atoms with Crippen LogP contribution in [0.5, 0.6) is 11.5 Å². The van der Waals surface area contributed by atoms with Gasteiger partial charge >= 0.3 is 0 Å². The molecule has 27 heavy (non-hydrogen) atoms. The molecule has 2 aromatic rings. The molecule has 2 aromatic carbocycles. The van der Waals surface area contributed by atoms with E-state index >= 15 is 0 Å². The Bertz CT molecular complexity index is 820. The van der Waals surface area contributed by atoms with Gasteiger partial charge < -0.3 is 14.4 Å². The maximum Gasteiger partial charge on any atom is 0.254 e. The van der Waals surface area contributed by atoms with E-state index in [1.165, 1.54) is 12.0 Å². The largest absolute Gasteiger partial charge is 0.493 e. The van der Waals surface area contributed by atoms with Gasteiger partial charge in [-0.25, -0.2) is 0 Å². The fourth-order valence-electron chi connectivity index (χ4n) is 2.52. The van der Waals surface area contributed by atoms with Crippen LogP contribution in [0.25, 0.3) is 0 Å². The van der Waals surface area contributed by atoms with Crippen molar-refractivity contribution in [1.82, 2.24) is 4.90 Å². The number of ether oxygens (including phenoxy) is 2. The number of amides is 1. The molecule has 0 N–H and O–H groups in total. The summed E-state index contributed by atoms with van der Waals surface area (Å²) in [4.78, 5) is 14.2. The van der Waals surface area contributed by atoms with Crippen LogP contribution in [-0.4, -0.2) is 31.0 Å². The molecule has 0 aliphatic rings. The van der Waals surface area contributed by atoms with Gasteiger partial charge in [0.1, 0.15) is 6.61 Å². The number of rotatable bonds is 9. The molecule has 6 heteroatoms. The average molecular weight is 363 g/mol. The first-order chi connectivity index (χ1) is 13.2. The molecular formula is C21H21N3O3. The van der Waals surface area contributed by atoms with Crippen LogP contribution in [0.1, 0.15) is 28.8 Å². The molecule has 0 aliphatic carbocycles. The van der Waals surface area contributed by atoms with E-state index in [-0.39, 0.29) is 31.8 Å². The molecule has 0 radical (unpaired) electrons. The number of nitrogens with zero attached hydrogens (tertiary/aromatic N) is 3. The molecule has 138 valence electrons. The first kappa shape index (κ1) is 19.8. The summed E-state index contributed by atoms with van der Waals surface area (Å²) in [6, 6.07) is 18.8.